The number of benzene rings is 1. The number of carbonyl (C=O) groups is 2. The lowest BCUT2D eigenvalue weighted by Crippen LogP contribution is -2.46. The van der Waals surface area contributed by atoms with Gasteiger partial charge in [-0.15, -0.1) is 0 Å². The molecule has 2 heterocycles. The zero-order chi connectivity index (χ0) is 20.4. The highest BCUT2D eigenvalue weighted by molar-refractivity contribution is 5.85. The molecule has 2 aliphatic rings. The summed E-state index contributed by atoms with van der Waals surface area (Å²) in [6.07, 6.45) is 6.89. The number of aromatic nitrogens is 1. The Bertz CT molecular complexity index is 876. The fourth-order valence-electron chi connectivity index (χ4n) is 4.70. The maximum atomic E-state index is 12.9. The molecule has 1 saturated heterocycles. The second-order valence-electron chi connectivity index (χ2n) is 7.85. The van der Waals surface area contributed by atoms with Gasteiger partial charge in [0.1, 0.15) is 11.8 Å². The third-order valence-electron chi connectivity index (χ3n) is 6.14. The molecule has 0 bridgehead atoms. The summed E-state index contributed by atoms with van der Waals surface area (Å²) in [6.45, 7) is 0. The van der Waals surface area contributed by atoms with Gasteiger partial charge in [-0.05, 0) is 49.4 Å². The average molecular weight is 398 g/mol. The number of ether oxygens (including phenoxy) is 1. The van der Waals surface area contributed by atoms with Crippen LogP contribution in [0.25, 0.3) is 11.3 Å². The van der Waals surface area contributed by atoms with E-state index in [1.165, 1.54) is 0 Å². The van der Waals surface area contributed by atoms with Gasteiger partial charge in [-0.25, -0.2) is 9.78 Å². The molecular weight excluding hydrogens is 372 g/mol. The fourth-order valence-corrected chi connectivity index (χ4v) is 4.70. The summed E-state index contributed by atoms with van der Waals surface area (Å²) in [6, 6.07) is 6.84. The Morgan fingerprint density at radius 1 is 1.24 bits per heavy atom. The highest BCUT2D eigenvalue weighted by Gasteiger charge is 2.47. The Balaban J connectivity index is 1.41. The number of amides is 1. The molecule has 1 N–H and O–H groups in total. The molecule has 1 aliphatic heterocycles. The van der Waals surface area contributed by atoms with Crippen LogP contribution in [0, 0.1) is 5.92 Å². The molecule has 29 heavy (non-hydrogen) atoms. The van der Waals surface area contributed by atoms with Crippen molar-refractivity contribution in [3.63, 3.8) is 0 Å². The van der Waals surface area contributed by atoms with Crippen molar-refractivity contribution in [2.24, 2.45) is 5.92 Å². The monoisotopic (exact) mass is 398 g/mol. The lowest BCUT2D eigenvalue weighted by molar-refractivity contribution is -0.149. The first-order valence-electron chi connectivity index (χ1n) is 10.2. The van der Waals surface area contributed by atoms with Gasteiger partial charge in [0.25, 0.3) is 0 Å². The van der Waals surface area contributed by atoms with Crippen molar-refractivity contribution in [2.75, 3.05) is 7.11 Å². The summed E-state index contributed by atoms with van der Waals surface area (Å²) in [5.74, 6) is 1.18. The zero-order valence-corrected chi connectivity index (χ0v) is 16.5. The van der Waals surface area contributed by atoms with Crippen LogP contribution in [-0.2, 0) is 16.0 Å². The smallest absolute Gasteiger partial charge is 0.326 e. The van der Waals surface area contributed by atoms with Crippen LogP contribution in [0.5, 0.6) is 5.75 Å². The summed E-state index contributed by atoms with van der Waals surface area (Å²) in [5.41, 5.74) is 0.881. The molecule has 1 aromatic carbocycles. The van der Waals surface area contributed by atoms with Crippen molar-refractivity contribution in [3.05, 3.63) is 36.4 Å². The van der Waals surface area contributed by atoms with E-state index in [9.17, 15) is 14.7 Å². The molecule has 1 amide bonds. The number of oxazole rings is 1. The second kappa shape index (κ2) is 8.27. The van der Waals surface area contributed by atoms with Crippen LogP contribution in [-0.4, -0.2) is 46.1 Å². The number of hydrogen-bond donors (Lipinski definition) is 1. The normalized spacial score (nSPS) is 23.6. The first kappa shape index (κ1) is 19.5. The van der Waals surface area contributed by atoms with Crippen LogP contribution < -0.4 is 4.74 Å². The van der Waals surface area contributed by atoms with E-state index in [1.807, 2.05) is 24.3 Å². The van der Waals surface area contributed by atoms with Gasteiger partial charge in [0.2, 0.25) is 5.91 Å². The maximum absolute atomic E-state index is 12.9. The van der Waals surface area contributed by atoms with Crippen LogP contribution in [0.1, 0.15) is 44.4 Å². The van der Waals surface area contributed by atoms with Gasteiger partial charge in [-0.2, -0.15) is 0 Å². The molecule has 2 aromatic rings. The van der Waals surface area contributed by atoms with Gasteiger partial charge in [0.05, 0.1) is 13.3 Å². The number of aryl methyl sites for hydroxylation is 1. The predicted octanol–water partition coefficient (Wildman–Crippen LogP) is 3.53. The topological polar surface area (TPSA) is 92.9 Å². The number of carboxylic acid groups (broad SMARTS) is 1. The molecule has 7 nitrogen and oxygen atoms in total. The van der Waals surface area contributed by atoms with E-state index in [2.05, 4.69) is 4.98 Å². The summed E-state index contributed by atoms with van der Waals surface area (Å²) >= 11 is 0. The quantitative estimate of drug-likeness (QED) is 0.800. The highest BCUT2D eigenvalue weighted by atomic mass is 16.5. The van der Waals surface area contributed by atoms with E-state index >= 15 is 0 Å². The molecule has 0 radical (unpaired) electrons. The molecule has 3 atom stereocenters. The van der Waals surface area contributed by atoms with E-state index in [0.29, 0.717) is 30.4 Å². The Labute approximate surface area is 169 Å². The highest BCUT2D eigenvalue weighted by Crippen LogP contribution is 2.40. The summed E-state index contributed by atoms with van der Waals surface area (Å²) in [4.78, 5) is 30.5. The number of aliphatic carboxylic acids is 1. The Kier molecular flexibility index (Phi) is 5.56. The lowest BCUT2D eigenvalue weighted by atomic mass is 9.84. The summed E-state index contributed by atoms with van der Waals surface area (Å²) < 4.78 is 11.0. The molecule has 3 unspecified atom stereocenters. The number of carbonyl (C=O) groups excluding carboxylic acids is 1. The largest absolute Gasteiger partial charge is 0.497 e. The minimum atomic E-state index is -0.898. The predicted molar refractivity (Wildman–Crippen MR) is 105 cm³/mol. The first-order valence-corrected chi connectivity index (χ1v) is 10.2. The van der Waals surface area contributed by atoms with Crippen molar-refractivity contribution < 1.29 is 23.8 Å². The molecule has 2 fully saturated rings. The number of carboxylic acids is 1. The number of hydrogen-bond acceptors (Lipinski definition) is 5. The van der Waals surface area contributed by atoms with Crippen LogP contribution in [0.4, 0.5) is 0 Å². The van der Waals surface area contributed by atoms with Crippen LogP contribution in [0.15, 0.2) is 34.9 Å². The molecule has 154 valence electrons. The van der Waals surface area contributed by atoms with E-state index in [0.717, 1.165) is 37.0 Å². The Morgan fingerprint density at radius 3 is 2.72 bits per heavy atom. The molecule has 4 rings (SSSR count). The van der Waals surface area contributed by atoms with Crippen molar-refractivity contribution in [1.29, 1.82) is 0 Å². The van der Waals surface area contributed by atoms with Gasteiger partial charge in [-0.3, -0.25) is 4.79 Å². The molecular formula is C22H26N2O5. The second-order valence-corrected chi connectivity index (χ2v) is 7.85. The Morgan fingerprint density at radius 2 is 2.00 bits per heavy atom. The average Bonchev–Trinajstić information content (AvgIpc) is 3.37. The van der Waals surface area contributed by atoms with Crippen molar-refractivity contribution in [2.45, 2.75) is 57.0 Å². The van der Waals surface area contributed by atoms with Crippen LogP contribution >= 0.6 is 0 Å². The van der Waals surface area contributed by atoms with Gasteiger partial charge in [-0.1, -0.05) is 12.8 Å². The third kappa shape index (κ3) is 3.99. The van der Waals surface area contributed by atoms with Crippen molar-refractivity contribution in [3.8, 4) is 17.1 Å². The molecule has 1 aromatic heterocycles. The van der Waals surface area contributed by atoms with Gasteiger partial charge in [0, 0.05) is 24.4 Å². The number of rotatable bonds is 6. The van der Waals surface area contributed by atoms with E-state index in [-0.39, 0.29) is 18.4 Å². The van der Waals surface area contributed by atoms with Crippen LogP contribution in [0.2, 0.25) is 0 Å². The third-order valence-corrected chi connectivity index (χ3v) is 6.14. The van der Waals surface area contributed by atoms with Crippen LogP contribution in [0.3, 0.4) is 0 Å². The van der Waals surface area contributed by atoms with Gasteiger partial charge < -0.3 is 19.2 Å². The molecule has 7 heteroatoms. The van der Waals surface area contributed by atoms with Gasteiger partial charge in [0.15, 0.2) is 11.7 Å². The SMILES string of the molecule is COc1ccc(-c2cnc(CCC(=O)N3C(C(=O)O)CC4CCCCC43)o2)cc1. The molecule has 1 aliphatic carbocycles. The zero-order valence-electron chi connectivity index (χ0n) is 16.5. The van der Waals surface area contributed by atoms with E-state index in [4.69, 9.17) is 9.15 Å². The lowest BCUT2D eigenvalue weighted by Gasteiger charge is -2.33. The summed E-state index contributed by atoms with van der Waals surface area (Å²) in [5, 5.41) is 9.60. The minimum absolute atomic E-state index is 0.0665. The fraction of sp³-hybridized carbons (Fsp3) is 0.500. The van der Waals surface area contributed by atoms with Crippen molar-refractivity contribution in [1.82, 2.24) is 9.88 Å². The maximum Gasteiger partial charge on any atom is 0.326 e. The summed E-state index contributed by atoms with van der Waals surface area (Å²) in [7, 11) is 1.61. The van der Waals surface area contributed by atoms with Gasteiger partial charge >= 0.3 is 5.97 Å². The standard InChI is InChI=1S/C22H26N2O5/c1-28-16-8-6-14(7-9-16)19-13-23-20(29-19)10-11-21(25)24-17-5-3-2-4-15(17)12-18(24)22(26)27/h6-9,13,15,17-18H,2-5,10-12H2,1H3,(H,26,27). The van der Waals surface area contributed by atoms with Crippen molar-refractivity contribution >= 4 is 11.9 Å². The van der Waals surface area contributed by atoms with E-state index in [1.54, 1.807) is 18.2 Å². The molecule has 1 saturated carbocycles. The van der Waals surface area contributed by atoms with E-state index < -0.39 is 12.0 Å². The molecule has 0 spiro atoms. The Hall–Kier alpha value is -2.83. The number of fused-ring (bicyclic) bond motifs is 1. The number of likely N-dealkylation sites (tertiary alicyclic amines) is 1. The minimum Gasteiger partial charge on any atom is -0.497 e. The number of nitrogens with zero attached hydrogens (tertiary/aromatic N) is 2. The number of methoxy groups -OCH3 is 1. The first-order chi connectivity index (χ1) is 14.1.